The lowest BCUT2D eigenvalue weighted by Gasteiger charge is -2.33. The molecule has 6 aromatic carbocycles. The van der Waals surface area contributed by atoms with Crippen molar-refractivity contribution in [3.05, 3.63) is 180 Å². The zero-order chi connectivity index (χ0) is 46.6. The average Bonchev–Trinajstić information content (AvgIpc) is 4.20. The van der Waals surface area contributed by atoms with Gasteiger partial charge in [0.2, 0.25) is 0 Å². The zero-order valence-corrected chi connectivity index (χ0v) is 40.6. The highest BCUT2D eigenvalue weighted by Crippen LogP contribution is 2.79. The van der Waals surface area contributed by atoms with Crippen molar-refractivity contribution >= 4 is 23.0 Å². The maximum Gasteiger partial charge on any atom is 0.460 e. The van der Waals surface area contributed by atoms with E-state index in [9.17, 15) is 0 Å². The van der Waals surface area contributed by atoms with Gasteiger partial charge < -0.3 is 55.6 Å². The Labute approximate surface area is 402 Å². The van der Waals surface area contributed by atoms with Gasteiger partial charge in [0, 0.05) is 0 Å². The monoisotopic (exact) mass is 993 g/mol. The van der Waals surface area contributed by atoms with Crippen LogP contribution in [0.15, 0.2) is 177 Å². The summed E-state index contributed by atoms with van der Waals surface area (Å²) in [6.07, 6.45) is 1.92. The molecule has 0 spiro atoms. The number of rotatable bonds is 27. The highest BCUT2D eigenvalue weighted by atomic mass is 31.3. The standard InChI is InChI=1S/C51H54N3O12P3/c1-4-19-43(20-5-1)61-67(64-49-25-13-10-16-40(49)28-31-55-34-46-37-58-46)52-68(62-44-21-6-2-7-22-44,65-50-26-14-11-17-41(50)29-32-56-35-47-38-59-47)54-69(53-67,63-45-23-8-3-9-24-45)66-51-27-15-12-18-42(51)30-33-57-36-48-39-60-48/h1-27,46-48H,28-39H2. The molecule has 3 saturated heterocycles. The summed E-state index contributed by atoms with van der Waals surface area (Å²) < 4.78 is 93.9. The summed E-state index contributed by atoms with van der Waals surface area (Å²) in [6.45, 7) is 4.91. The average molecular weight is 994 g/mol. The van der Waals surface area contributed by atoms with E-state index in [1.165, 1.54) is 0 Å². The van der Waals surface area contributed by atoms with Crippen molar-refractivity contribution < 1.29 is 55.6 Å². The molecule has 4 aliphatic rings. The first kappa shape index (κ1) is 47.3. The van der Waals surface area contributed by atoms with E-state index < -0.39 is 23.0 Å². The number of para-hydroxylation sites is 6. The van der Waals surface area contributed by atoms with Crippen LogP contribution in [0.2, 0.25) is 0 Å². The van der Waals surface area contributed by atoms with Crippen LogP contribution in [0, 0.1) is 0 Å². The van der Waals surface area contributed by atoms with E-state index in [0.717, 1.165) is 16.7 Å². The van der Waals surface area contributed by atoms with Gasteiger partial charge in [-0.05, 0) is 90.6 Å². The fourth-order valence-electron chi connectivity index (χ4n) is 7.08. The Morgan fingerprint density at radius 2 is 0.609 bits per heavy atom. The molecule has 4 aliphatic heterocycles. The maximum absolute atomic E-state index is 7.29. The predicted octanol–water partition coefficient (Wildman–Crippen LogP) is 12.2. The van der Waals surface area contributed by atoms with Crippen molar-refractivity contribution in [3.8, 4) is 34.5 Å². The van der Waals surface area contributed by atoms with Gasteiger partial charge in [-0.1, -0.05) is 123 Å². The third-order valence-corrected chi connectivity index (χ3v) is 18.9. The van der Waals surface area contributed by atoms with Crippen LogP contribution in [0.4, 0.5) is 0 Å². The van der Waals surface area contributed by atoms with Crippen LogP contribution in [0.5, 0.6) is 34.5 Å². The third-order valence-electron chi connectivity index (χ3n) is 10.8. The summed E-state index contributed by atoms with van der Waals surface area (Å²) >= 11 is 0. The van der Waals surface area contributed by atoms with Gasteiger partial charge in [-0.3, -0.25) is 0 Å². The third kappa shape index (κ3) is 13.7. The molecule has 0 radical (unpaired) electrons. The van der Waals surface area contributed by atoms with E-state index in [0.29, 0.717) is 113 Å². The van der Waals surface area contributed by atoms with Gasteiger partial charge in [0.25, 0.3) is 0 Å². The van der Waals surface area contributed by atoms with Crippen LogP contribution in [0.25, 0.3) is 0 Å². The van der Waals surface area contributed by atoms with E-state index in [1.54, 1.807) is 0 Å². The van der Waals surface area contributed by atoms with Crippen LogP contribution < -0.4 is 27.1 Å². The fourth-order valence-corrected chi connectivity index (χ4v) is 16.3. The van der Waals surface area contributed by atoms with Gasteiger partial charge in [0.1, 0.15) is 52.8 Å². The van der Waals surface area contributed by atoms with Crippen molar-refractivity contribution in [1.29, 1.82) is 0 Å². The lowest BCUT2D eigenvalue weighted by molar-refractivity contribution is 0.119. The molecule has 3 unspecified atom stereocenters. The molecular formula is C51H54N3O12P3. The molecular weight excluding hydrogens is 939 g/mol. The highest BCUT2D eigenvalue weighted by Gasteiger charge is 2.49. The normalized spacial score (nSPS) is 24.1. The molecule has 6 aromatic rings. The molecule has 0 saturated carbocycles. The molecule has 69 heavy (non-hydrogen) atoms. The number of hydrogen-bond donors (Lipinski definition) is 0. The first-order valence-corrected chi connectivity index (χ1v) is 27.6. The Morgan fingerprint density at radius 3 is 0.884 bits per heavy atom. The minimum atomic E-state index is -4.17. The number of hydrogen-bond acceptors (Lipinski definition) is 15. The summed E-state index contributed by atoms with van der Waals surface area (Å²) in [4.78, 5) is 0. The molecule has 10 rings (SSSR count). The van der Waals surface area contributed by atoms with Crippen molar-refractivity contribution in [1.82, 2.24) is 0 Å². The van der Waals surface area contributed by atoms with Gasteiger partial charge in [0.15, 0.2) is 0 Å². The summed E-state index contributed by atoms with van der Waals surface area (Å²) in [5.41, 5.74) is 2.51. The molecule has 0 N–H and O–H groups in total. The SMILES string of the molecule is c1ccc(OP2(Oc3ccccc3CCOCC3CO3)=NP(Oc3ccccc3)(Oc3ccccc3CCOCC3CO3)=NP(Oc3ccccc3)(Oc3ccccc3CCOCC3CO3)=N2)cc1. The molecule has 0 amide bonds. The molecule has 15 nitrogen and oxygen atoms in total. The fraction of sp³-hybridized carbons (Fsp3) is 0.294. The van der Waals surface area contributed by atoms with Crippen molar-refractivity contribution in [2.75, 3.05) is 59.5 Å². The molecule has 18 heteroatoms. The Bertz CT molecular complexity index is 2480. The Balaban J connectivity index is 1.17. The highest BCUT2D eigenvalue weighted by molar-refractivity contribution is 7.79. The molecule has 0 bridgehead atoms. The summed E-state index contributed by atoms with van der Waals surface area (Å²) in [5, 5.41) is 0. The summed E-state index contributed by atoms with van der Waals surface area (Å²) in [5.74, 6) is 2.67. The van der Waals surface area contributed by atoms with Gasteiger partial charge in [-0.25, -0.2) is 0 Å². The number of ether oxygens (including phenoxy) is 6. The zero-order valence-electron chi connectivity index (χ0n) is 37.9. The van der Waals surface area contributed by atoms with Crippen molar-refractivity contribution in [2.24, 2.45) is 13.5 Å². The second-order valence-electron chi connectivity index (χ2n) is 16.4. The van der Waals surface area contributed by atoms with E-state index >= 15 is 0 Å². The number of benzene rings is 6. The first-order valence-electron chi connectivity index (χ1n) is 23.0. The number of epoxide rings is 3. The van der Waals surface area contributed by atoms with Gasteiger partial charge in [-0.2, -0.15) is 0 Å². The molecule has 360 valence electrons. The minimum Gasteiger partial charge on any atom is -0.413 e. The lowest BCUT2D eigenvalue weighted by atomic mass is 10.1. The van der Waals surface area contributed by atoms with Crippen LogP contribution in [0.3, 0.4) is 0 Å². The van der Waals surface area contributed by atoms with Crippen LogP contribution in [-0.4, -0.2) is 77.8 Å². The maximum atomic E-state index is 7.29. The van der Waals surface area contributed by atoms with E-state index in [1.807, 2.05) is 164 Å². The quantitative estimate of drug-likeness (QED) is 0.0274. The van der Waals surface area contributed by atoms with Crippen molar-refractivity contribution in [3.63, 3.8) is 0 Å². The topological polar surface area (TPSA) is 158 Å². The molecule has 0 aliphatic carbocycles. The second kappa shape index (κ2) is 22.5. The van der Waals surface area contributed by atoms with Gasteiger partial charge in [-0.15, -0.1) is 0 Å². The van der Waals surface area contributed by atoms with Crippen molar-refractivity contribution in [2.45, 2.75) is 37.6 Å². The molecule has 0 aromatic heterocycles. The Kier molecular flexibility index (Phi) is 15.4. The van der Waals surface area contributed by atoms with Crippen LogP contribution >= 0.6 is 23.0 Å². The predicted molar refractivity (Wildman–Crippen MR) is 263 cm³/mol. The summed E-state index contributed by atoms with van der Waals surface area (Å²) in [7, 11) is -12.5. The van der Waals surface area contributed by atoms with E-state index in [2.05, 4.69) is 0 Å². The largest absolute Gasteiger partial charge is 0.460 e. The second-order valence-corrected chi connectivity index (χ2v) is 22.6. The molecule has 3 atom stereocenters. The molecule has 3 fully saturated rings. The summed E-state index contributed by atoms with van der Waals surface area (Å²) in [6, 6.07) is 51.0. The lowest BCUT2D eigenvalue weighted by Crippen LogP contribution is -2.13. The Hall–Kier alpha value is -5.43. The van der Waals surface area contributed by atoms with Gasteiger partial charge in [0.05, 0.1) is 59.5 Å². The van der Waals surface area contributed by atoms with E-state index in [-0.39, 0.29) is 18.3 Å². The molecule has 4 heterocycles. The Morgan fingerprint density at radius 1 is 0.348 bits per heavy atom. The first-order chi connectivity index (χ1) is 34.0. The van der Waals surface area contributed by atoms with Crippen LogP contribution in [-0.2, 0) is 47.7 Å². The van der Waals surface area contributed by atoms with Gasteiger partial charge >= 0.3 is 23.0 Å². The smallest absolute Gasteiger partial charge is 0.413 e. The minimum absolute atomic E-state index is 0.127. The number of nitrogens with zero attached hydrogens (tertiary/aromatic N) is 3. The van der Waals surface area contributed by atoms with Crippen LogP contribution in [0.1, 0.15) is 16.7 Å². The van der Waals surface area contributed by atoms with E-state index in [4.69, 9.17) is 69.1 Å².